The van der Waals surface area contributed by atoms with E-state index < -0.39 is 65.3 Å². The predicted molar refractivity (Wildman–Crippen MR) is 144 cm³/mol. The standard InChI is InChI=1S/C24H23N6O6PS/c1-9-14-12(4-10-6-26-7-27-17(9)10)37(3)13-5-11-18(30(2)8-38)20(32)16(23(35)28-29-25)22(34)24(11,36)21(33)15(13)19(14)31/h4,6-8,11,13,18,32-33,36-37H,3,5H2,1-2H3,(H2,25,28,35)/t11?,13?,18-,24-/m0/s1. The van der Waals surface area contributed by atoms with Crippen LogP contribution >= 0.6 is 19.8 Å². The third kappa shape index (κ3) is 3.25. The van der Waals surface area contributed by atoms with E-state index in [-0.39, 0.29) is 12.0 Å². The molecule has 1 aromatic heterocycles. The van der Waals surface area contributed by atoms with Crippen molar-refractivity contribution in [1.82, 2.24) is 14.9 Å². The van der Waals surface area contributed by atoms with E-state index in [1.54, 1.807) is 13.1 Å². The van der Waals surface area contributed by atoms with Crippen LogP contribution < -0.4 is 11.1 Å². The molecule has 0 bridgehead atoms. The number of likely N-dealkylation sites (N-methyl/N-ethyl adjacent to an activating group) is 1. The highest BCUT2D eigenvalue weighted by molar-refractivity contribution is 7.78. The molecule has 5 atom stereocenters. The van der Waals surface area contributed by atoms with Gasteiger partial charge in [-0.05, 0) is 30.3 Å². The highest BCUT2D eigenvalue weighted by atomic mass is 32.1. The minimum atomic E-state index is -2.73. The Kier molecular flexibility index (Phi) is 6.05. The van der Waals surface area contributed by atoms with Crippen molar-refractivity contribution in [1.29, 1.82) is 0 Å². The Balaban J connectivity index is 1.79. The number of allylic oxidation sites excluding steroid dienone is 1. The number of carbonyl (C=O) groups excluding carboxylic acids is 3. The Bertz CT molecular complexity index is 1600. The van der Waals surface area contributed by atoms with Crippen molar-refractivity contribution in [3.8, 4) is 0 Å². The SMILES string of the molecule is C=[PH]1c2cc3cncnc3c(C)c2C(=O)C2=C(O)[C@]3(O)C(=O)C(C(=O)N=NN)=C(O)[C@@H](N(C)C=S)C3CC21. The smallest absolute Gasteiger partial charge is 0.304 e. The minimum absolute atomic E-state index is 0.00486. The van der Waals surface area contributed by atoms with Crippen LogP contribution in [-0.4, -0.2) is 83.8 Å². The van der Waals surface area contributed by atoms with Gasteiger partial charge in [-0.15, -0.1) is 0 Å². The van der Waals surface area contributed by atoms with Gasteiger partial charge in [0.05, 0.1) is 17.0 Å². The first kappa shape index (κ1) is 25.8. The molecule has 12 nitrogen and oxygen atoms in total. The summed E-state index contributed by atoms with van der Waals surface area (Å²) in [4.78, 5) is 49.8. The second-order valence-corrected chi connectivity index (χ2v) is 12.0. The van der Waals surface area contributed by atoms with Gasteiger partial charge < -0.3 is 26.1 Å². The molecule has 3 aliphatic rings. The number of nitrogens with zero attached hydrogens (tertiary/aromatic N) is 5. The molecule has 2 heterocycles. The summed E-state index contributed by atoms with van der Waals surface area (Å²) in [5.41, 5.74) is -1.80. The molecule has 1 aromatic carbocycles. The van der Waals surface area contributed by atoms with Gasteiger partial charge in [0.25, 0.3) is 0 Å². The number of aliphatic hydroxyl groups is 3. The Morgan fingerprint density at radius 2 is 2.11 bits per heavy atom. The average Bonchev–Trinajstić information content (AvgIpc) is 2.89. The maximum atomic E-state index is 13.9. The number of carbonyl (C=O) groups is 3. The topological polar surface area (TPSA) is 192 Å². The number of rotatable bonds is 3. The van der Waals surface area contributed by atoms with Gasteiger partial charge in [-0.2, -0.15) is 0 Å². The molecule has 1 aliphatic heterocycles. The van der Waals surface area contributed by atoms with Crippen LogP contribution in [0.2, 0.25) is 0 Å². The summed E-state index contributed by atoms with van der Waals surface area (Å²) < 4.78 is 0. The molecule has 2 aliphatic carbocycles. The number of aromatic nitrogens is 2. The van der Waals surface area contributed by atoms with Gasteiger partial charge in [-0.25, -0.2) is 9.97 Å². The van der Waals surface area contributed by atoms with E-state index in [2.05, 4.69) is 26.6 Å². The van der Waals surface area contributed by atoms with Crippen LogP contribution in [0, 0.1) is 12.8 Å². The number of aliphatic hydroxyl groups excluding tert-OH is 2. The van der Waals surface area contributed by atoms with Crippen LogP contribution in [0.15, 0.2) is 51.6 Å². The summed E-state index contributed by atoms with van der Waals surface area (Å²) in [5, 5.41) is 41.9. The molecular formula is C24H23N6O6PS. The molecule has 0 saturated heterocycles. The van der Waals surface area contributed by atoms with E-state index in [0.717, 1.165) is 5.39 Å². The number of fused-ring (bicyclic) bond motifs is 4. The highest BCUT2D eigenvalue weighted by Crippen LogP contribution is 2.55. The monoisotopic (exact) mass is 554 g/mol. The fourth-order valence-corrected chi connectivity index (χ4v) is 8.60. The van der Waals surface area contributed by atoms with E-state index in [1.807, 2.05) is 6.07 Å². The predicted octanol–water partition coefficient (Wildman–Crippen LogP) is 0.843. The molecule has 3 unspecified atom stereocenters. The van der Waals surface area contributed by atoms with E-state index in [9.17, 15) is 29.7 Å². The zero-order chi connectivity index (χ0) is 27.7. The number of thiocarbonyl (C=S) groups is 1. The first-order chi connectivity index (χ1) is 18.0. The lowest BCUT2D eigenvalue weighted by Crippen LogP contribution is -2.64. The highest BCUT2D eigenvalue weighted by Gasteiger charge is 2.64. The number of amides is 1. The van der Waals surface area contributed by atoms with Crippen molar-refractivity contribution in [2.45, 2.75) is 30.6 Å². The Morgan fingerprint density at radius 3 is 2.76 bits per heavy atom. The zero-order valence-corrected chi connectivity index (χ0v) is 22.1. The lowest BCUT2D eigenvalue weighted by atomic mass is 9.63. The Labute approximate surface area is 221 Å². The molecule has 196 valence electrons. The quantitative estimate of drug-likeness (QED) is 0.105. The fraction of sp³-hybridized carbons (Fsp3) is 0.292. The minimum Gasteiger partial charge on any atom is -0.509 e. The van der Waals surface area contributed by atoms with Gasteiger partial charge in [-0.3, -0.25) is 14.4 Å². The van der Waals surface area contributed by atoms with Gasteiger partial charge in [0.2, 0.25) is 5.78 Å². The van der Waals surface area contributed by atoms with Crippen molar-refractivity contribution < 1.29 is 29.7 Å². The van der Waals surface area contributed by atoms with E-state index in [1.165, 1.54) is 23.8 Å². The van der Waals surface area contributed by atoms with Gasteiger partial charge in [0.1, 0.15) is 23.4 Å². The second kappa shape index (κ2) is 8.90. The Hall–Kier alpha value is -3.80. The van der Waals surface area contributed by atoms with Crippen molar-refractivity contribution in [2.24, 2.45) is 22.1 Å². The first-order valence-corrected chi connectivity index (χ1v) is 13.7. The molecule has 5 rings (SSSR count). The van der Waals surface area contributed by atoms with Gasteiger partial charge in [0.15, 0.2) is 11.4 Å². The molecule has 38 heavy (non-hydrogen) atoms. The number of hydrogen-bond acceptors (Lipinski definition) is 10. The number of aryl methyl sites for hydroxylation is 1. The van der Waals surface area contributed by atoms with E-state index >= 15 is 0 Å². The number of nitrogens with two attached hydrogens (primary N) is 1. The molecule has 0 fully saturated rings. The van der Waals surface area contributed by atoms with Gasteiger partial charge in [-0.1, -0.05) is 36.4 Å². The van der Waals surface area contributed by atoms with Crippen molar-refractivity contribution in [3.05, 3.63) is 52.4 Å². The third-order valence-electron chi connectivity index (χ3n) is 7.73. The number of hydrogen-bond donors (Lipinski definition) is 4. The van der Waals surface area contributed by atoms with Crippen LogP contribution in [0.25, 0.3) is 10.9 Å². The Morgan fingerprint density at radius 1 is 1.39 bits per heavy atom. The first-order valence-electron chi connectivity index (χ1n) is 11.4. The number of ketones is 2. The van der Waals surface area contributed by atoms with Crippen molar-refractivity contribution >= 4 is 65.2 Å². The van der Waals surface area contributed by atoms with Gasteiger partial charge in [0, 0.05) is 41.3 Å². The molecular weight excluding hydrogens is 531 g/mol. The van der Waals surface area contributed by atoms with Crippen LogP contribution in [0.5, 0.6) is 0 Å². The number of Topliss-reactive ketones (excluding diaryl/α,β-unsaturated/α-hetero) is 2. The van der Waals surface area contributed by atoms with Crippen molar-refractivity contribution in [2.75, 3.05) is 7.05 Å². The second-order valence-electron chi connectivity index (χ2n) is 9.49. The molecule has 0 radical (unpaired) electrons. The van der Waals surface area contributed by atoms with Gasteiger partial charge >= 0.3 is 5.91 Å². The molecule has 2 aromatic rings. The lowest BCUT2D eigenvalue weighted by Gasteiger charge is -2.50. The lowest BCUT2D eigenvalue weighted by molar-refractivity contribution is -0.146. The molecule has 0 saturated carbocycles. The van der Waals surface area contributed by atoms with Crippen LogP contribution in [0.4, 0.5) is 0 Å². The molecule has 0 spiro atoms. The largest absolute Gasteiger partial charge is 0.509 e. The maximum absolute atomic E-state index is 13.9. The van der Waals surface area contributed by atoms with E-state index in [4.69, 9.17) is 18.1 Å². The zero-order valence-electron chi connectivity index (χ0n) is 20.2. The molecule has 14 heteroatoms. The summed E-state index contributed by atoms with van der Waals surface area (Å²) in [7, 11) is -0.380. The summed E-state index contributed by atoms with van der Waals surface area (Å²) in [5.74, 6) is -0.967. The summed E-state index contributed by atoms with van der Waals surface area (Å²) >= 11 is 5.03. The molecule has 1 amide bonds. The normalized spacial score (nSPS) is 28.8. The van der Waals surface area contributed by atoms with Crippen LogP contribution in [-0.2, 0) is 9.59 Å². The van der Waals surface area contributed by atoms with Crippen molar-refractivity contribution in [3.63, 3.8) is 0 Å². The number of benzene rings is 1. The average molecular weight is 555 g/mol. The summed E-state index contributed by atoms with van der Waals surface area (Å²) in [6, 6.07) is 0.619. The van der Waals surface area contributed by atoms with Crippen LogP contribution in [0.3, 0.4) is 0 Å². The van der Waals surface area contributed by atoms with E-state index in [0.29, 0.717) is 21.9 Å². The maximum Gasteiger partial charge on any atom is 0.304 e. The molecule has 5 N–H and O–H groups in total. The fourth-order valence-electron chi connectivity index (χ4n) is 5.98. The summed E-state index contributed by atoms with van der Waals surface area (Å²) in [6.07, 6.45) is 7.38. The third-order valence-corrected chi connectivity index (χ3v) is 10.5. The van der Waals surface area contributed by atoms with Crippen LogP contribution in [0.1, 0.15) is 22.3 Å². The summed E-state index contributed by atoms with van der Waals surface area (Å²) in [6.45, 7) is 1.73.